The van der Waals surface area contributed by atoms with Crippen molar-refractivity contribution < 1.29 is 14.6 Å². The van der Waals surface area contributed by atoms with Crippen LogP contribution in [-0.4, -0.2) is 17.5 Å². The Labute approximate surface area is 223 Å². The highest BCUT2D eigenvalue weighted by atomic mass is 35.5. The highest BCUT2D eigenvalue weighted by Gasteiger charge is 2.36. The van der Waals surface area contributed by atoms with Gasteiger partial charge in [-0.1, -0.05) is 68.8 Å². The van der Waals surface area contributed by atoms with Gasteiger partial charge in [0.15, 0.2) is 17.3 Å². The molecule has 1 aliphatic heterocycles. The zero-order valence-corrected chi connectivity index (χ0v) is 22.4. The summed E-state index contributed by atoms with van der Waals surface area (Å²) in [4.78, 5) is 13.8. The van der Waals surface area contributed by atoms with Gasteiger partial charge in [-0.05, 0) is 65.6 Å². The molecule has 0 spiro atoms. The molecule has 2 unspecified atom stereocenters. The number of phenolic OH excluding ortho intramolecular Hbond substituents is 1. The van der Waals surface area contributed by atoms with E-state index in [1.165, 1.54) is 11.1 Å². The van der Waals surface area contributed by atoms with Crippen molar-refractivity contribution in [3.8, 4) is 11.5 Å². The highest BCUT2D eigenvalue weighted by molar-refractivity contribution is 6.32. The molecule has 5 rings (SSSR count). The van der Waals surface area contributed by atoms with E-state index in [0.717, 1.165) is 22.6 Å². The monoisotopic (exact) mass is 516 g/mol. The van der Waals surface area contributed by atoms with E-state index in [9.17, 15) is 9.90 Å². The fraction of sp³-hybridized carbons (Fsp3) is 0.323. The Kier molecular flexibility index (Phi) is 6.67. The summed E-state index contributed by atoms with van der Waals surface area (Å²) >= 11 is 6.40. The molecule has 1 heterocycles. The van der Waals surface area contributed by atoms with E-state index in [4.69, 9.17) is 16.3 Å². The maximum atomic E-state index is 13.8. The average molecular weight is 517 g/mol. The zero-order chi connectivity index (χ0) is 26.3. The number of anilines is 2. The molecule has 5 nitrogen and oxygen atoms in total. The van der Waals surface area contributed by atoms with Gasteiger partial charge < -0.3 is 20.5 Å². The van der Waals surface area contributed by atoms with Gasteiger partial charge in [-0.3, -0.25) is 4.79 Å². The van der Waals surface area contributed by atoms with E-state index < -0.39 is 6.04 Å². The molecule has 6 heteroatoms. The number of rotatable bonds is 4. The number of allylic oxidation sites excluding steroid dienone is 1. The first kappa shape index (κ1) is 25.2. The summed E-state index contributed by atoms with van der Waals surface area (Å²) in [7, 11) is 0. The normalized spacial score (nSPS) is 19.3. The molecule has 2 atom stereocenters. The van der Waals surface area contributed by atoms with Crippen LogP contribution < -0.4 is 15.4 Å². The molecule has 0 aromatic heterocycles. The van der Waals surface area contributed by atoms with Gasteiger partial charge in [0, 0.05) is 17.7 Å². The number of fused-ring (bicyclic) bond motifs is 1. The number of para-hydroxylation sites is 2. The van der Waals surface area contributed by atoms with Crippen molar-refractivity contribution in [2.45, 2.75) is 57.9 Å². The molecule has 0 radical (unpaired) electrons. The van der Waals surface area contributed by atoms with Gasteiger partial charge >= 0.3 is 0 Å². The number of carbonyl (C=O) groups excluding carboxylic acids is 1. The number of hydrogen-bond acceptors (Lipinski definition) is 5. The number of halogens is 1. The molecule has 3 aromatic rings. The van der Waals surface area contributed by atoms with Crippen LogP contribution in [0.1, 0.15) is 69.2 Å². The van der Waals surface area contributed by atoms with Gasteiger partial charge in [0.2, 0.25) is 0 Å². The van der Waals surface area contributed by atoms with Crippen molar-refractivity contribution in [1.82, 2.24) is 0 Å². The van der Waals surface area contributed by atoms with Gasteiger partial charge in [0.25, 0.3) is 0 Å². The van der Waals surface area contributed by atoms with Crippen LogP contribution in [0.4, 0.5) is 11.4 Å². The third-order valence-corrected chi connectivity index (χ3v) is 7.53. The Balaban J connectivity index is 1.58. The van der Waals surface area contributed by atoms with Gasteiger partial charge in [0.1, 0.15) is 0 Å². The van der Waals surface area contributed by atoms with Gasteiger partial charge in [-0.15, -0.1) is 0 Å². The summed E-state index contributed by atoms with van der Waals surface area (Å²) in [6, 6.07) is 19.7. The number of ketones is 1. The van der Waals surface area contributed by atoms with Gasteiger partial charge in [0.05, 0.1) is 29.0 Å². The Morgan fingerprint density at radius 3 is 2.38 bits per heavy atom. The van der Waals surface area contributed by atoms with Crippen LogP contribution in [0.15, 0.2) is 71.9 Å². The van der Waals surface area contributed by atoms with Crippen molar-refractivity contribution in [2.75, 3.05) is 17.2 Å². The number of ether oxygens (including phenoxy) is 1. The first-order valence-electron chi connectivity index (χ1n) is 12.8. The third kappa shape index (κ3) is 4.93. The lowest BCUT2D eigenvalue weighted by atomic mass is 9.77. The minimum absolute atomic E-state index is 0.0772. The number of hydrogen-bond donors (Lipinski definition) is 3. The van der Waals surface area contributed by atoms with Crippen molar-refractivity contribution in [3.63, 3.8) is 0 Å². The van der Waals surface area contributed by atoms with Crippen molar-refractivity contribution in [3.05, 3.63) is 93.6 Å². The average Bonchev–Trinajstić information content (AvgIpc) is 3.03. The van der Waals surface area contributed by atoms with Crippen LogP contribution in [0.2, 0.25) is 5.02 Å². The zero-order valence-electron chi connectivity index (χ0n) is 21.7. The molecule has 3 N–H and O–H groups in total. The molecular formula is C31H33ClN2O3. The van der Waals surface area contributed by atoms with Crippen LogP contribution in [0.3, 0.4) is 0 Å². The summed E-state index contributed by atoms with van der Waals surface area (Å²) in [5, 5.41) is 17.7. The number of carbonyl (C=O) groups is 1. The maximum absolute atomic E-state index is 13.8. The lowest BCUT2D eigenvalue weighted by molar-refractivity contribution is -0.116. The van der Waals surface area contributed by atoms with Gasteiger partial charge in [-0.2, -0.15) is 0 Å². The second kappa shape index (κ2) is 9.79. The fourth-order valence-corrected chi connectivity index (χ4v) is 5.48. The number of benzene rings is 3. The van der Waals surface area contributed by atoms with Crippen LogP contribution in [0.5, 0.6) is 11.5 Å². The third-order valence-electron chi connectivity index (χ3n) is 7.24. The summed E-state index contributed by atoms with van der Waals surface area (Å²) in [6.45, 7) is 8.85. The molecule has 0 saturated carbocycles. The van der Waals surface area contributed by atoms with Crippen molar-refractivity contribution in [2.24, 2.45) is 0 Å². The molecule has 3 aromatic carbocycles. The largest absolute Gasteiger partial charge is 0.503 e. The van der Waals surface area contributed by atoms with E-state index in [2.05, 4.69) is 55.7 Å². The Hall–Kier alpha value is -3.44. The van der Waals surface area contributed by atoms with E-state index >= 15 is 0 Å². The molecule has 0 saturated heterocycles. The summed E-state index contributed by atoms with van der Waals surface area (Å²) in [5.74, 6) is 0.383. The second-order valence-electron chi connectivity index (χ2n) is 10.8. The Bertz CT molecular complexity index is 1370. The van der Waals surface area contributed by atoms with E-state index in [1.807, 2.05) is 31.2 Å². The predicted molar refractivity (Wildman–Crippen MR) is 150 cm³/mol. The molecular weight excluding hydrogens is 484 g/mol. The molecule has 0 fully saturated rings. The molecule has 192 valence electrons. The molecule has 0 amide bonds. The van der Waals surface area contributed by atoms with E-state index in [1.54, 1.807) is 12.1 Å². The predicted octanol–water partition coefficient (Wildman–Crippen LogP) is 7.72. The lowest BCUT2D eigenvalue weighted by Gasteiger charge is -2.30. The first-order valence-corrected chi connectivity index (χ1v) is 13.2. The number of Topliss-reactive ketones (excluding diaryl/α,β-unsaturated/α-hetero) is 1. The SMILES string of the molecule is CCOc1cc(C2Nc3ccccc3NC3=C2C(=O)CC(c2ccc(C(C)(C)C)cc2)C3)cc(Cl)c1O. The first-order chi connectivity index (χ1) is 17.7. The van der Waals surface area contributed by atoms with E-state index in [0.29, 0.717) is 30.8 Å². The highest BCUT2D eigenvalue weighted by Crippen LogP contribution is 2.46. The standard InChI is InChI=1S/C31H33ClN2O3/c1-5-37-27-17-20(14-22(32)30(27)36)29-28-25(33-23-8-6-7-9-24(23)34-29)15-19(16-26(28)35)18-10-12-21(13-11-18)31(2,3)4/h6-14,17,19,29,33-34,36H,5,15-16H2,1-4H3. The molecule has 37 heavy (non-hydrogen) atoms. The van der Waals surface area contributed by atoms with Gasteiger partial charge in [-0.25, -0.2) is 0 Å². The topological polar surface area (TPSA) is 70.6 Å². The minimum Gasteiger partial charge on any atom is -0.503 e. The second-order valence-corrected chi connectivity index (χ2v) is 11.2. The Morgan fingerprint density at radius 2 is 1.70 bits per heavy atom. The van der Waals surface area contributed by atoms with Crippen LogP contribution >= 0.6 is 11.6 Å². The molecule has 2 aliphatic rings. The smallest absolute Gasteiger partial charge is 0.176 e. The number of nitrogens with one attached hydrogen (secondary N) is 2. The lowest BCUT2D eigenvalue weighted by Crippen LogP contribution is -2.27. The van der Waals surface area contributed by atoms with Crippen molar-refractivity contribution in [1.29, 1.82) is 0 Å². The fourth-order valence-electron chi connectivity index (χ4n) is 5.26. The number of phenols is 1. The van der Waals surface area contributed by atoms with Crippen LogP contribution in [-0.2, 0) is 10.2 Å². The quantitative estimate of drug-likeness (QED) is 0.331. The number of aromatic hydroxyl groups is 1. The molecule has 0 bridgehead atoms. The van der Waals surface area contributed by atoms with Crippen molar-refractivity contribution >= 4 is 28.8 Å². The van der Waals surface area contributed by atoms with E-state index in [-0.39, 0.29) is 27.9 Å². The molecule has 1 aliphatic carbocycles. The maximum Gasteiger partial charge on any atom is 0.176 e. The van der Waals surface area contributed by atoms with Crippen LogP contribution in [0, 0.1) is 0 Å². The minimum atomic E-state index is -0.444. The summed E-state index contributed by atoms with van der Waals surface area (Å²) in [5.41, 5.74) is 6.70. The summed E-state index contributed by atoms with van der Waals surface area (Å²) in [6.07, 6.45) is 1.14. The Morgan fingerprint density at radius 1 is 1.00 bits per heavy atom. The summed E-state index contributed by atoms with van der Waals surface area (Å²) < 4.78 is 5.64. The van der Waals surface area contributed by atoms with Crippen LogP contribution in [0.25, 0.3) is 0 Å².